The van der Waals surface area contributed by atoms with Crippen molar-refractivity contribution in [1.29, 1.82) is 0 Å². The fourth-order valence-electron chi connectivity index (χ4n) is 2.39. The SMILES string of the molecule is CC(=O)OC(CC(=O)[O-])C[N+](C)(C)C.O=C(O)CCCCC1CCSS1. The van der Waals surface area contributed by atoms with Crippen LogP contribution in [-0.2, 0) is 19.1 Å². The number of quaternary nitrogens is 1. The molecule has 0 aliphatic carbocycles. The van der Waals surface area contributed by atoms with Crippen LogP contribution in [-0.4, -0.2) is 72.3 Å². The summed E-state index contributed by atoms with van der Waals surface area (Å²) in [6, 6.07) is 0. The van der Waals surface area contributed by atoms with E-state index in [1.54, 1.807) is 0 Å². The number of hydrogen-bond donors (Lipinski definition) is 1. The van der Waals surface area contributed by atoms with Crippen molar-refractivity contribution in [2.75, 3.05) is 33.4 Å². The van der Waals surface area contributed by atoms with Gasteiger partial charge in [-0.25, -0.2) is 0 Å². The van der Waals surface area contributed by atoms with Crippen LogP contribution >= 0.6 is 21.6 Å². The molecule has 0 amide bonds. The molecule has 2 atom stereocenters. The third-order valence-corrected chi connectivity index (χ3v) is 6.38. The van der Waals surface area contributed by atoms with E-state index in [2.05, 4.69) is 0 Å². The molecule has 0 spiro atoms. The van der Waals surface area contributed by atoms with E-state index in [0.29, 0.717) is 17.4 Å². The van der Waals surface area contributed by atoms with Crippen molar-refractivity contribution in [3.63, 3.8) is 0 Å². The van der Waals surface area contributed by atoms with Gasteiger partial charge >= 0.3 is 11.9 Å². The molecule has 0 radical (unpaired) electrons. The number of unbranched alkanes of at least 4 members (excludes halogenated alkanes) is 1. The van der Waals surface area contributed by atoms with Gasteiger partial charge in [0.2, 0.25) is 0 Å². The van der Waals surface area contributed by atoms with E-state index in [1.165, 1.54) is 25.5 Å². The maximum atomic E-state index is 10.7. The molecule has 26 heavy (non-hydrogen) atoms. The molecule has 0 aromatic carbocycles. The largest absolute Gasteiger partial charge is 0.550 e. The predicted molar refractivity (Wildman–Crippen MR) is 103 cm³/mol. The summed E-state index contributed by atoms with van der Waals surface area (Å²) in [5.74, 6) is -1.06. The average Bonchev–Trinajstić information content (AvgIpc) is 2.93. The summed E-state index contributed by atoms with van der Waals surface area (Å²) in [7, 11) is 9.60. The maximum Gasteiger partial charge on any atom is 0.303 e. The van der Waals surface area contributed by atoms with Gasteiger partial charge in [-0.2, -0.15) is 0 Å². The summed E-state index contributed by atoms with van der Waals surface area (Å²) in [4.78, 5) is 31.2. The molecule has 0 aromatic heterocycles. The zero-order valence-corrected chi connectivity index (χ0v) is 17.7. The number of hydrogen-bond acceptors (Lipinski definition) is 7. The monoisotopic (exact) mass is 409 g/mol. The minimum Gasteiger partial charge on any atom is -0.550 e. The van der Waals surface area contributed by atoms with E-state index >= 15 is 0 Å². The Bertz CT molecular complexity index is 431. The highest BCUT2D eigenvalue weighted by Crippen LogP contribution is 2.39. The normalized spacial score (nSPS) is 17.8. The Kier molecular flexibility index (Phi) is 12.8. The van der Waals surface area contributed by atoms with Crippen LogP contribution in [0.5, 0.6) is 0 Å². The van der Waals surface area contributed by atoms with Crippen LogP contribution in [0.25, 0.3) is 0 Å². The van der Waals surface area contributed by atoms with Crippen molar-refractivity contribution < 1.29 is 33.8 Å². The molecule has 7 nitrogen and oxygen atoms in total. The van der Waals surface area contributed by atoms with Crippen molar-refractivity contribution >= 4 is 39.5 Å². The number of nitrogens with zero attached hydrogens (tertiary/aromatic N) is 1. The number of carbonyl (C=O) groups is 3. The molecular weight excluding hydrogens is 378 g/mol. The van der Waals surface area contributed by atoms with Gasteiger partial charge in [-0.3, -0.25) is 9.59 Å². The second-order valence-electron chi connectivity index (χ2n) is 7.25. The predicted octanol–water partition coefficient (Wildman–Crippen LogP) is 1.55. The van der Waals surface area contributed by atoms with Gasteiger partial charge in [0, 0.05) is 36.7 Å². The van der Waals surface area contributed by atoms with Crippen molar-refractivity contribution in [2.45, 2.75) is 56.8 Å². The fourth-order valence-corrected chi connectivity index (χ4v) is 5.42. The molecule has 2 unspecified atom stereocenters. The number of carboxylic acids is 2. The molecule has 0 saturated carbocycles. The van der Waals surface area contributed by atoms with Crippen LogP contribution in [0.3, 0.4) is 0 Å². The van der Waals surface area contributed by atoms with Crippen LogP contribution in [0.1, 0.15) is 45.4 Å². The lowest BCUT2D eigenvalue weighted by molar-refractivity contribution is -0.873. The number of ether oxygens (including phenoxy) is 1. The van der Waals surface area contributed by atoms with Gasteiger partial charge in [0.1, 0.15) is 6.54 Å². The standard InChI is InChI=1S/C9H17NO4.C8H14O2S2/c1-7(11)14-8(5-9(12)13)6-10(2,3)4;9-8(10)4-2-1-3-7-5-6-11-12-7/h8H,5-6H2,1-4H3;7H,1-6H2,(H,9,10). The Hall–Kier alpha value is -0.930. The lowest BCUT2D eigenvalue weighted by atomic mass is 10.1. The zero-order valence-electron chi connectivity index (χ0n) is 16.1. The Morgan fingerprint density at radius 1 is 1.27 bits per heavy atom. The van der Waals surface area contributed by atoms with Gasteiger partial charge in [-0.15, -0.1) is 0 Å². The second-order valence-corrected chi connectivity index (χ2v) is 10.0. The van der Waals surface area contributed by atoms with E-state index in [9.17, 15) is 19.5 Å². The number of carbonyl (C=O) groups excluding carboxylic acids is 2. The summed E-state index contributed by atoms with van der Waals surface area (Å²) in [6.07, 6.45) is 3.90. The molecule has 0 aromatic rings. The van der Waals surface area contributed by atoms with Gasteiger partial charge in [0.15, 0.2) is 6.10 Å². The van der Waals surface area contributed by atoms with Crippen molar-refractivity contribution in [2.24, 2.45) is 0 Å². The van der Waals surface area contributed by atoms with Crippen LogP contribution in [0.2, 0.25) is 0 Å². The number of carboxylic acid groups (broad SMARTS) is 2. The topological polar surface area (TPSA) is 104 Å². The number of likely N-dealkylation sites (N-methyl/N-ethyl adjacent to an activating group) is 1. The Morgan fingerprint density at radius 2 is 1.92 bits per heavy atom. The summed E-state index contributed by atoms with van der Waals surface area (Å²) >= 11 is 0. The summed E-state index contributed by atoms with van der Waals surface area (Å²) < 4.78 is 5.39. The van der Waals surface area contributed by atoms with Gasteiger partial charge in [0.25, 0.3) is 0 Å². The highest BCUT2D eigenvalue weighted by molar-refractivity contribution is 8.77. The molecule has 0 bridgehead atoms. The molecule has 1 aliphatic rings. The second kappa shape index (κ2) is 13.3. The summed E-state index contributed by atoms with van der Waals surface area (Å²) in [6.45, 7) is 1.71. The molecule has 1 N–H and O–H groups in total. The summed E-state index contributed by atoms with van der Waals surface area (Å²) in [5, 5.41) is 19.6. The number of rotatable bonds is 10. The van der Waals surface area contributed by atoms with Gasteiger partial charge in [-0.1, -0.05) is 28.0 Å². The smallest absolute Gasteiger partial charge is 0.303 e. The highest BCUT2D eigenvalue weighted by atomic mass is 33.1. The fraction of sp³-hybridized carbons (Fsp3) is 0.824. The Labute approximate surface area is 163 Å². The molecular formula is C17H31NO6S2. The first kappa shape index (κ1) is 25.1. The van der Waals surface area contributed by atoms with E-state index in [4.69, 9.17) is 9.84 Å². The van der Waals surface area contributed by atoms with E-state index in [1.807, 2.05) is 42.7 Å². The lowest BCUT2D eigenvalue weighted by Crippen LogP contribution is -2.45. The highest BCUT2D eigenvalue weighted by Gasteiger charge is 2.20. The van der Waals surface area contributed by atoms with Crippen LogP contribution in [0.15, 0.2) is 0 Å². The van der Waals surface area contributed by atoms with Crippen molar-refractivity contribution in [3.05, 3.63) is 0 Å². The molecule has 9 heteroatoms. The maximum absolute atomic E-state index is 10.7. The lowest BCUT2D eigenvalue weighted by Gasteiger charge is -2.28. The zero-order chi connectivity index (χ0) is 20.2. The minimum absolute atomic E-state index is 0.255. The quantitative estimate of drug-likeness (QED) is 0.251. The Morgan fingerprint density at radius 3 is 2.35 bits per heavy atom. The van der Waals surface area contributed by atoms with E-state index < -0.39 is 24.0 Å². The third-order valence-electron chi connectivity index (χ3n) is 3.37. The van der Waals surface area contributed by atoms with Crippen LogP contribution < -0.4 is 5.11 Å². The van der Waals surface area contributed by atoms with E-state index in [0.717, 1.165) is 18.1 Å². The molecule has 1 fully saturated rings. The molecule has 1 heterocycles. The molecule has 1 aliphatic heterocycles. The minimum atomic E-state index is -1.20. The van der Waals surface area contributed by atoms with E-state index in [-0.39, 0.29) is 6.42 Å². The average molecular weight is 410 g/mol. The number of aliphatic carboxylic acids is 2. The number of esters is 1. The molecule has 1 saturated heterocycles. The first-order valence-corrected chi connectivity index (χ1v) is 11.1. The van der Waals surface area contributed by atoms with Gasteiger partial charge in [-0.05, 0) is 19.3 Å². The van der Waals surface area contributed by atoms with Crippen LogP contribution in [0.4, 0.5) is 0 Å². The van der Waals surface area contributed by atoms with Crippen molar-refractivity contribution in [1.82, 2.24) is 0 Å². The van der Waals surface area contributed by atoms with Crippen LogP contribution in [0, 0.1) is 0 Å². The Balaban J connectivity index is 0.000000485. The van der Waals surface area contributed by atoms with Gasteiger partial charge < -0.3 is 24.2 Å². The summed E-state index contributed by atoms with van der Waals surface area (Å²) in [5.41, 5.74) is 0. The first-order chi connectivity index (χ1) is 12.0. The molecule has 1 rings (SSSR count). The third kappa shape index (κ3) is 16.5. The van der Waals surface area contributed by atoms with Gasteiger partial charge in [0.05, 0.1) is 21.1 Å². The van der Waals surface area contributed by atoms with Crippen molar-refractivity contribution in [3.8, 4) is 0 Å². The molecule has 152 valence electrons. The first-order valence-electron chi connectivity index (χ1n) is 8.67.